The number of H-pyrrole nitrogens is 1. The Hall–Kier alpha value is -3.15. The molecule has 0 radical (unpaired) electrons. The Labute approximate surface area is 162 Å². The number of rotatable bonds is 2. The first-order chi connectivity index (χ1) is 13.7. The maximum absolute atomic E-state index is 13.1. The van der Waals surface area contributed by atoms with Crippen LogP contribution >= 0.6 is 0 Å². The summed E-state index contributed by atoms with van der Waals surface area (Å²) in [7, 11) is 0. The fourth-order valence-electron chi connectivity index (χ4n) is 4.43. The molecule has 0 spiro atoms. The molecule has 1 atom stereocenters. The number of anilines is 2. The quantitative estimate of drug-likeness (QED) is 0.721. The molecule has 28 heavy (non-hydrogen) atoms. The summed E-state index contributed by atoms with van der Waals surface area (Å²) in [6, 6.07) is 14.1. The van der Waals surface area contributed by atoms with E-state index in [9.17, 15) is 9.59 Å². The number of carbonyl (C=O) groups excluding carboxylic acids is 1. The van der Waals surface area contributed by atoms with Gasteiger partial charge in [0.15, 0.2) is 0 Å². The zero-order valence-corrected chi connectivity index (χ0v) is 15.6. The molecular weight excluding hydrogens is 352 g/mol. The van der Waals surface area contributed by atoms with Gasteiger partial charge in [0.25, 0.3) is 5.56 Å². The second-order valence-corrected chi connectivity index (χ2v) is 7.57. The number of nitrogens with zero attached hydrogens (tertiary/aromatic N) is 2. The molecule has 6 heteroatoms. The van der Waals surface area contributed by atoms with E-state index in [0.717, 1.165) is 42.3 Å². The maximum atomic E-state index is 13.1. The van der Waals surface area contributed by atoms with E-state index in [1.54, 1.807) is 0 Å². The van der Waals surface area contributed by atoms with Crippen LogP contribution < -0.4 is 15.8 Å². The lowest BCUT2D eigenvalue weighted by molar-refractivity contribution is -0.116. The second-order valence-electron chi connectivity index (χ2n) is 7.57. The molecule has 1 saturated heterocycles. The van der Waals surface area contributed by atoms with Crippen LogP contribution in [0.15, 0.2) is 47.3 Å². The van der Waals surface area contributed by atoms with Crippen molar-refractivity contribution in [2.24, 2.45) is 0 Å². The summed E-state index contributed by atoms with van der Waals surface area (Å²) in [5.74, 6) is 0.551. The lowest BCUT2D eigenvalue weighted by Gasteiger charge is -2.30. The highest BCUT2D eigenvalue weighted by atomic mass is 16.2. The number of benzene rings is 2. The fourth-order valence-corrected chi connectivity index (χ4v) is 4.43. The molecule has 3 heterocycles. The van der Waals surface area contributed by atoms with Crippen LogP contribution in [0.5, 0.6) is 0 Å². The van der Waals surface area contributed by atoms with Crippen molar-refractivity contribution in [1.82, 2.24) is 9.97 Å². The number of aromatic amines is 1. The van der Waals surface area contributed by atoms with Crippen LogP contribution in [0.3, 0.4) is 0 Å². The number of amides is 1. The predicted octanol–water partition coefficient (Wildman–Crippen LogP) is 3.39. The topological polar surface area (TPSA) is 78.1 Å². The van der Waals surface area contributed by atoms with E-state index < -0.39 is 0 Å². The summed E-state index contributed by atoms with van der Waals surface area (Å²) in [5.41, 5.74) is 1.38. The zero-order valence-electron chi connectivity index (χ0n) is 15.6. The summed E-state index contributed by atoms with van der Waals surface area (Å²) >= 11 is 0. The van der Waals surface area contributed by atoms with Crippen LogP contribution in [-0.2, 0) is 4.79 Å². The standard InChI is InChI=1S/C22H22N4O2/c27-18-13-17(16-10-6-8-14-7-2-3-9-15(14)16)19-20(23-18)24-22(25-21(19)28)26-11-4-1-5-12-26/h2-3,6-10,17H,1,4-5,11-13H2,(H2,23,24,25,27,28). The minimum atomic E-state index is -0.304. The average Bonchev–Trinajstić information content (AvgIpc) is 2.73. The Balaban J connectivity index is 1.65. The third-order valence-corrected chi connectivity index (χ3v) is 5.79. The molecular formula is C22H22N4O2. The van der Waals surface area contributed by atoms with Crippen molar-refractivity contribution >= 4 is 28.4 Å². The molecule has 142 valence electrons. The van der Waals surface area contributed by atoms with Gasteiger partial charge in [-0.2, -0.15) is 4.98 Å². The van der Waals surface area contributed by atoms with E-state index >= 15 is 0 Å². The maximum Gasteiger partial charge on any atom is 0.258 e. The van der Waals surface area contributed by atoms with Crippen LogP contribution in [0.1, 0.15) is 42.7 Å². The van der Waals surface area contributed by atoms with Gasteiger partial charge in [0.1, 0.15) is 5.82 Å². The summed E-state index contributed by atoms with van der Waals surface area (Å²) in [6.45, 7) is 1.75. The molecule has 6 nitrogen and oxygen atoms in total. The van der Waals surface area contributed by atoms with E-state index in [1.807, 2.05) is 42.5 Å². The lowest BCUT2D eigenvalue weighted by Crippen LogP contribution is -2.36. The van der Waals surface area contributed by atoms with Crippen molar-refractivity contribution < 1.29 is 4.79 Å². The van der Waals surface area contributed by atoms with Gasteiger partial charge in [-0.1, -0.05) is 42.5 Å². The minimum Gasteiger partial charge on any atom is -0.342 e. The third-order valence-electron chi connectivity index (χ3n) is 5.79. The van der Waals surface area contributed by atoms with Crippen molar-refractivity contribution in [2.45, 2.75) is 31.6 Å². The van der Waals surface area contributed by atoms with Gasteiger partial charge in [0.2, 0.25) is 11.9 Å². The smallest absolute Gasteiger partial charge is 0.258 e. The Morgan fingerprint density at radius 3 is 2.61 bits per heavy atom. The number of carbonyl (C=O) groups is 1. The number of piperidine rings is 1. The van der Waals surface area contributed by atoms with Crippen molar-refractivity contribution in [3.05, 3.63) is 63.9 Å². The molecule has 1 unspecified atom stereocenters. The SMILES string of the molecule is O=C1CC(c2cccc3ccccc23)c2c(nc(N3CCCCC3)[nH]c2=O)N1. The zero-order chi connectivity index (χ0) is 19.1. The highest BCUT2D eigenvalue weighted by Gasteiger charge is 2.32. The van der Waals surface area contributed by atoms with Gasteiger partial charge >= 0.3 is 0 Å². The Morgan fingerprint density at radius 2 is 1.75 bits per heavy atom. The summed E-state index contributed by atoms with van der Waals surface area (Å²) in [6.07, 6.45) is 3.62. The summed E-state index contributed by atoms with van der Waals surface area (Å²) in [5, 5.41) is 5.00. The van der Waals surface area contributed by atoms with Gasteiger partial charge in [-0.25, -0.2) is 0 Å². The monoisotopic (exact) mass is 374 g/mol. The Kier molecular flexibility index (Phi) is 4.11. The van der Waals surface area contributed by atoms with E-state index in [0.29, 0.717) is 17.3 Å². The molecule has 2 aliphatic heterocycles. The van der Waals surface area contributed by atoms with Gasteiger partial charge in [-0.05, 0) is 35.6 Å². The molecule has 3 aromatic rings. The highest BCUT2D eigenvalue weighted by Crippen LogP contribution is 2.37. The summed E-state index contributed by atoms with van der Waals surface area (Å²) < 4.78 is 0. The van der Waals surface area contributed by atoms with E-state index in [-0.39, 0.29) is 23.8 Å². The lowest BCUT2D eigenvalue weighted by atomic mass is 9.84. The van der Waals surface area contributed by atoms with E-state index in [1.165, 1.54) is 6.42 Å². The second kappa shape index (κ2) is 6.78. The molecule has 2 N–H and O–H groups in total. The first-order valence-corrected chi connectivity index (χ1v) is 9.87. The molecule has 1 amide bonds. The first-order valence-electron chi connectivity index (χ1n) is 9.87. The number of aromatic nitrogens is 2. The largest absolute Gasteiger partial charge is 0.342 e. The Morgan fingerprint density at radius 1 is 0.964 bits per heavy atom. The Bertz CT molecular complexity index is 1110. The van der Waals surface area contributed by atoms with Crippen LogP contribution in [0.4, 0.5) is 11.8 Å². The average molecular weight is 374 g/mol. The van der Waals surface area contributed by atoms with E-state index in [4.69, 9.17) is 0 Å². The van der Waals surface area contributed by atoms with Gasteiger partial charge in [-0.3, -0.25) is 14.6 Å². The van der Waals surface area contributed by atoms with Crippen molar-refractivity contribution in [3.8, 4) is 0 Å². The number of nitrogens with one attached hydrogen (secondary N) is 2. The van der Waals surface area contributed by atoms with Crippen molar-refractivity contribution in [1.29, 1.82) is 0 Å². The molecule has 2 aromatic carbocycles. The molecule has 0 aliphatic carbocycles. The fraction of sp³-hybridized carbons (Fsp3) is 0.318. The van der Waals surface area contributed by atoms with Gasteiger partial charge in [0.05, 0.1) is 5.56 Å². The molecule has 1 aromatic heterocycles. The number of hydrogen-bond donors (Lipinski definition) is 2. The minimum absolute atomic E-state index is 0.104. The summed E-state index contributed by atoms with van der Waals surface area (Å²) in [4.78, 5) is 35.3. The molecule has 1 fully saturated rings. The van der Waals surface area contributed by atoms with Crippen LogP contribution in [0.25, 0.3) is 10.8 Å². The van der Waals surface area contributed by atoms with Crippen molar-refractivity contribution in [3.63, 3.8) is 0 Å². The molecule has 2 aliphatic rings. The molecule has 0 saturated carbocycles. The molecule has 5 rings (SSSR count). The predicted molar refractivity (Wildman–Crippen MR) is 110 cm³/mol. The number of fused-ring (bicyclic) bond motifs is 2. The third kappa shape index (κ3) is 2.85. The van der Waals surface area contributed by atoms with Crippen LogP contribution in [0.2, 0.25) is 0 Å². The van der Waals surface area contributed by atoms with Crippen molar-refractivity contribution in [2.75, 3.05) is 23.3 Å². The van der Waals surface area contributed by atoms with E-state index in [2.05, 4.69) is 20.2 Å². The van der Waals surface area contributed by atoms with Crippen LogP contribution in [-0.4, -0.2) is 29.0 Å². The van der Waals surface area contributed by atoms with Gasteiger partial charge in [0, 0.05) is 25.4 Å². The highest BCUT2D eigenvalue weighted by molar-refractivity contribution is 5.96. The first kappa shape index (κ1) is 17.0. The number of hydrogen-bond acceptors (Lipinski definition) is 4. The van der Waals surface area contributed by atoms with Gasteiger partial charge in [-0.15, -0.1) is 0 Å². The molecule has 0 bridgehead atoms. The normalized spacial score (nSPS) is 19.4. The van der Waals surface area contributed by atoms with Crippen LogP contribution in [0, 0.1) is 0 Å². The van der Waals surface area contributed by atoms with Gasteiger partial charge < -0.3 is 10.2 Å².